The van der Waals surface area contributed by atoms with Crippen molar-refractivity contribution in [2.75, 3.05) is 4.90 Å². The molecular weight excluding hydrogens is 679 g/mol. The van der Waals surface area contributed by atoms with Gasteiger partial charge in [-0.1, -0.05) is 161 Å². The van der Waals surface area contributed by atoms with Crippen LogP contribution in [0.25, 0.3) is 66.4 Å². The van der Waals surface area contributed by atoms with Crippen molar-refractivity contribution in [2.24, 2.45) is 0 Å². The van der Waals surface area contributed by atoms with Crippen LogP contribution < -0.4 is 4.90 Å². The van der Waals surface area contributed by atoms with Crippen molar-refractivity contribution in [1.29, 1.82) is 0 Å². The Balaban J connectivity index is 1.20. The quantitative estimate of drug-likeness (QED) is 0.176. The highest BCUT2D eigenvalue weighted by atomic mass is 16.3. The zero-order valence-electron chi connectivity index (χ0n) is 32.1. The molecule has 268 valence electrons. The van der Waals surface area contributed by atoms with E-state index in [-0.39, 0.29) is 10.8 Å². The SMILES string of the molecule is CC1(C)c2ccccc2-c2ccc(N(c3ccc4c(c3)C(C)(C)c3ccccc3-4)c3ccc(-c4ccccc4)cc3-c3cccc4c3oc3ccccc34)cc21. The maximum absolute atomic E-state index is 6.76. The molecule has 0 radical (unpaired) electrons. The zero-order chi connectivity index (χ0) is 37.8. The molecule has 2 heteroatoms. The van der Waals surface area contributed by atoms with Crippen LogP contribution in [0.4, 0.5) is 17.1 Å². The minimum Gasteiger partial charge on any atom is -0.455 e. The summed E-state index contributed by atoms with van der Waals surface area (Å²) in [6.07, 6.45) is 0. The highest BCUT2D eigenvalue weighted by molar-refractivity contribution is 6.11. The first kappa shape index (κ1) is 32.8. The van der Waals surface area contributed by atoms with Crippen LogP contribution in [0.15, 0.2) is 180 Å². The van der Waals surface area contributed by atoms with Crippen molar-refractivity contribution >= 4 is 39.0 Å². The van der Waals surface area contributed by atoms with Gasteiger partial charge in [-0.2, -0.15) is 0 Å². The molecule has 8 aromatic carbocycles. The molecule has 1 heterocycles. The van der Waals surface area contributed by atoms with E-state index in [1.54, 1.807) is 0 Å². The smallest absolute Gasteiger partial charge is 0.143 e. The van der Waals surface area contributed by atoms with Gasteiger partial charge in [-0.25, -0.2) is 0 Å². The largest absolute Gasteiger partial charge is 0.455 e. The van der Waals surface area contributed by atoms with Crippen molar-refractivity contribution in [1.82, 2.24) is 0 Å². The Hall–Kier alpha value is -6.64. The van der Waals surface area contributed by atoms with Gasteiger partial charge in [0.25, 0.3) is 0 Å². The third-order valence-electron chi connectivity index (χ3n) is 12.7. The normalized spacial score (nSPS) is 14.4. The van der Waals surface area contributed by atoms with Crippen molar-refractivity contribution in [2.45, 2.75) is 38.5 Å². The third-order valence-corrected chi connectivity index (χ3v) is 12.7. The van der Waals surface area contributed by atoms with E-state index in [4.69, 9.17) is 4.42 Å². The molecule has 1 aromatic heterocycles. The number of furan rings is 1. The van der Waals surface area contributed by atoms with E-state index < -0.39 is 0 Å². The standard InChI is InChI=1S/C54H41NO/c1-53(2)46-22-11-8-17-38(46)40-28-26-36(32-48(40)53)55(37-27-29-41-39-18-9-12-23-47(39)54(3,4)49(41)33-37)50-30-25-35(34-15-6-5-7-16-34)31-45(50)44-21-14-20-43-42-19-10-13-24-51(42)56-52(43)44/h5-33H,1-4H3. The van der Waals surface area contributed by atoms with E-state index in [9.17, 15) is 0 Å². The Morgan fingerprint density at radius 1 is 0.375 bits per heavy atom. The summed E-state index contributed by atoms with van der Waals surface area (Å²) in [5.41, 5.74) is 20.1. The molecule has 0 fully saturated rings. The zero-order valence-corrected chi connectivity index (χ0v) is 32.1. The summed E-state index contributed by atoms with van der Waals surface area (Å²) >= 11 is 0. The number of fused-ring (bicyclic) bond motifs is 9. The minimum absolute atomic E-state index is 0.144. The fraction of sp³-hybridized carbons (Fsp3) is 0.111. The molecule has 2 aliphatic rings. The Morgan fingerprint density at radius 3 is 1.57 bits per heavy atom. The van der Waals surface area contributed by atoms with Gasteiger partial charge in [0, 0.05) is 44.1 Å². The van der Waals surface area contributed by atoms with Gasteiger partial charge < -0.3 is 9.32 Å². The molecule has 0 amide bonds. The van der Waals surface area contributed by atoms with Crippen molar-refractivity contribution in [3.05, 3.63) is 198 Å². The lowest BCUT2D eigenvalue weighted by Crippen LogP contribution is -2.18. The van der Waals surface area contributed by atoms with Crippen LogP contribution >= 0.6 is 0 Å². The van der Waals surface area contributed by atoms with E-state index in [1.807, 2.05) is 0 Å². The van der Waals surface area contributed by atoms with Crippen LogP contribution in [0.5, 0.6) is 0 Å². The molecular formula is C54H41NO. The number of para-hydroxylation sites is 2. The second-order valence-electron chi connectivity index (χ2n) is 16.5. The summed E-state index contributed by atoms with van der Waals surface area (Å²) in [7, 11) is 0. The van der Waals surface area contributed by atoms with Gasteiger partial charge in [0.15, 0.2) is 0 Å². The van der Waals surface area contributed by atoms with Crippen LogP contribution in [0.3, 0.4) is 0 Å². The molecule has 2 nitrogen and oxygen atoms in total. The lowest BCUT2D eigenvalue weighted by molar-refractivity contribution is 0.660. The third kappa shape index (κ3) is 4.69. The second kappa shape index (κ2) is 11.9. The van der Waals surface area contributed by atoms with Crippen molar-refractivity contribution < 1.29 is 4.42 Å². The molecule has 0 spiro atoms. The summed E-state index contributed by atoms with van der Waals surface area (Å²) < 4.78 is 6.76. The predicted molar refractivity (Wildman–Crippen MR) is 234 cm³/mol. The van der Waals surface area contributed by atoms with E-state index in [0.29, 0.717) is 0 Å². The summed E-state index contributed by atoms with van der Waals surface area (Å²) in [4.78, 5) is 2.49. The van der Waals surface area contributed by atoms with Crippen LogP contribution in [-0.4, -0.2) is 0 Å². The number of benzene rings is 8. The molecule has 0 bridgehead atoms. The van der Waals surface area contributed by atoms with E-state index in [2.05, 4.69) is 209 Å². The van der Waals surface area contributed by atoms with Crippen molar-refractivity contribution in [3.8, 4) is 44.5 Å². The molecule has 9 aromatic rings. The second-order valence-corrected chi connectivity index (χ2v) is 16.5. The van der Waals surface area contributed by atoms with Gasteiger partial charge >= 0.3 is 0 Å². The average molecular weight is 720 g/mol. The molecule has 0 saturated carbocycles. The highest BCUT2D eigenvalue weighted by Gasteiger charge is 2.38. The van der Waals surface area contributed by atoms with Crippen LogP contribution in [0.2, 0.25) is 0 Å². The molecule has 56 heavy (non-hydrogen) atoms. The first-order valence-corrected chi connectivity index (χ1v) is 19.7. The number of hydrogen-bond donors (Lipinski definition) is 0. The minimum atomic E-state index is -0.144. The van der Waals surface area contributed by atoms with Gasteiger partial charge in [-0.3, -0.25) is 0 Å². The van der Waals surface area contributed by atoms with Crippen LogP contribution in [-0.2, 0) is 10.8 Å². The molecule has 0 aliphatic heterocycles. The number of nitrogens with zero attached hydrogens (tertiary/aromatic N) is 1. The van der Waals surface area contributed by atoms with Gasteiger partial charge in [-0.15, -0.1) is 0 Å². The summed E-state index contributed by atoms with van der Waals surface area (Å²) in [5, 5.41) is 2.25. The first-order chi connectivity index (χ1) is 27.3. The predicted octanol–water partition coefficient (Wildman–Crippen LogP) is 15.0. The molecule has 11 rings (SSSR count). The van der Waals surface area contributed by atoms with Crippen LogP contribution in [0.1, 0.15) is 49.9 Å². The maximum Gasteiger partial charge on any atom is 0.143 e. The Labute approximate surface area is 328 Å². The topological polar surface area (TPSA) is 16.4 Å². The summed E-state index contributed by atoms with van der Waals surface area (Å²) in [5.74, 6) is 0. The van der Waals surface area contributed by atoms with E-state index in [1.165, 1.54) is 50.1 Å². The average Bonchev–Trinajstić information content (AvgIpc) is 3.81. The molecule has 0 N–H and O–H groups in total. The van der Waals surface area contributed by atoms with E-state index >= 15 is 0 Å². The first-order valence-electron chi connectivity index (χ1n) is 19.7. The van der Waals surface area contributed by atoms with Crippen molar-refractivity contribution in [3.63, 3.8) is 0 Å². The van der Waals surface area contributed by atoms with Gasteiger partial charge in [0.05, 0.1) is 5.69 Å². The number of anilines is 3. The fourth-order valence-electron chi connectivity index (χ4n) is 9.81. The maximum atomic E-state index is 6.76. The Morgan fingerprint density at radius 2 is 0.911 bits per heavy atom. The molecule has 2 aliphatic carbocycles. The molecule has 0 atom stereocenters. The molecule has 0 saturated heterocycles. The fourth-order valence-corrected chi connectivity index (χ4v) is 9.81. The van der Waals surface area contributed by atoms with Gasteiger partial charge in [0.2, 0.25) is 0 Å². The Kier molecular flexibility index (Phi) is 6.98. The summed E-state index contributed by atoms with van der Waals surface area (Å²) in [6.45, 7) is 9.46. The summed E-state index contributed by atoms with van der Waals surface area (Å²) in [6, 6.07) is 64.6. The highest BCUT2D eigenvalue weighted by Crippen LogP contribution is 2.54. The van der Waals surface area contributed by atoms with Gasteiger partial charge in [-0.05, 0) is 98.1 Å². The van der Waals surface area contributed by atoms with E-state index in [0.717, 1.165) is 55.7 Å². The number of rotatable bonds is 5. The van der Waals surface area contributed by atoms with Crippen LogP contribution in [0, 0.1) is 0 Å². The monoisotopic (exact) mass is 719 g/mol. The Bertz CT molecular complexity index is 2930. The number of hydrogen-bond acceptors (Lipinski definition) is 2. The molecule has 0 unspecified atom stereocenters. The lowest BCUT2D eigenvalue weighted by Gasteiger charge is -2.31. The van der Waals surface area contributed by atoms with Gasteiger partial charge in [0.1, 0.15) is 11.2 Å². The lowest BCUT2D eigenvalue weighted by atomic mass is 9.82.